The largest absolute Gasteiger partial charge is 0.497 e. The Morgan fingerprint density at radius 2 is 1.46 bits per heavy atom. The molecule has 0 aromatic heterocycles. The summed E-state index contributed by atoms with van der Waals surface area (Å²) >= 11 is 1.56. The minimum absolute atomic E-state index is 0.219. The first kappa shape index (κ1) is 25.5. The first-order valence-electron chi connectivity index (χ1n) is 11.5. The third-order valence-corrected chi connectivity index (χ3v) is 7.31. The summed E-state index contributed by atoms with van der Waals surface area (Å²) in [5, 5.41) is 0.874. The summed E-state index contributed by atoms with van der Waals surface area (Å²) in [6, 6.07) is 15.2. The van der Waals surface area contributed by atoms with Gasteiger partial charge in [-0.2, -0.15) is 0 Å². The van der Waals surface area contributed by atoms with E-state index in [9.17, 15) is 4.79 Å². The van der Waals surface area contributed by atoms with Crippen molar-refractivity contribution in [2.24, 2.45) is 4.99 Å². The van der Waals surface area contributed by atoms with Crippen LogP contribution >= 0.6 is 11.8 Å². The number of benzene rings is 2. The minimum Gasteiger partial charge on any atom is -0.497 e. The number of thioether (sulfide) groups is 1. The van der Waals surface area contributed by atoms with Gasteiger partial charge in [0.15, 0.2) is 5.17 Å². The Bertz CT molecular complexity index is 998. The number of fused-ring (bicyclic) bond motifs is 1. The van der Waals surface area contributed by atoms with Crippen LogP contribution in [0.2, 0.25) is 0 Å². The van der Waals surface area contributed by atoms with Crippen molar-refractivity contribution in [1.82, 2.24) is 4.90 Å². The number of rotatable bonds is 10. The number of carbonyl (C=O) groups excluding carboxylic acids is 1. The lowest BCUT2D eigenvalue weighted by Gasteiger charge is -2.42. The van der Waals surface area contributed by atoms with E-state index in [2.05, 4.69) is 0 Å². The van der Waals surface area contributed by atoms with Crippen molar-refractivity contribution in [2.75, 3.05) is 28.3 Å². The molecule has 2 aromatic rings. The summed E-state index contributed by atoms with van der Waals surface area (Å²) in [6.07, 6.45) is -0.187. The molecule has 0 saturated carbocycles. The summed E-state index contributed by atoms with van der Waals surface area (Å²) in [4.78, 5) is 18.4. The maximum Gasteiger partial charge on any atom is 0.161 e. The number of ether oxygens (including phenoxy) is 5. The smallest absolute Gasteiger partial charge is 0.161 e. The molecule has 188 valence electrons. The van der Waals surface area contributed by atoms with E-state index in [0.29, 0.717) is 13.2 Å². The highest BCUT2D eigenvalue weighted by atomic mass is 32.2. The Balaban J connectivity index is 1.56. The van der Waals surface area contributed by atoms with Crippen LogP contribution in [-0.2, 0) is 32.2 Å². The molecule has 0 amide bonds. The fourth-order valence-corrected chi connectivity index (χ4v) is 5.27. The normalized spacial score (nSPS) is 25.5. The third-order valence-electron chi connectivity index (χ3n) is 6.01. The average Bonchev–Trinajstić information content (AvgIpc) is 3.31. The molecule has 5 atom stereocenters. The molecule has 35 heavy (non-hydrogen) atoms. The summed E-state index contributed by atoms with van der Waals surface area (Å²) < 4.78 is 29.7. The van der Waals surface area contributed by atoms with Crippen molar-refractivity contribution in [2.45, 2.75) is 49.4 Å². The highest BCUT2D eigenvalue weighted by Crippen LogP contribution is 2.40. The van der Waals surface area contributed by atoms with E-state index in [1.807, 2.05) is 67.5 Å². The number of aldehydes is 1. The van der Waals surface area contributed by atoms with E-state index in [1.165, 1.54) is 0 Å². The summed E-state index contributed by atoms with van der Waals surface area (Å²) in [5.74, 6) is 1.57. The van der Waals surface area contributed by atoms with E-state index in [-0.39, 0.29) is 24.0 Å². The maximum atomic E-state index is 11.5. The Morgan fingerprint density at radius 1 is 0.914 bits per heavy atom. The second-order valence-corrected chi connectivity index (χ2v) is 9.67. The molecule has 2 aliphatic rings. The molecule has 2 aliphatic heterocycles. The van der Waals surface area contributed by atoms with Crippen LogP contribution in [0.5, 0.6) is 11.5 Å². The van der Waals surface area contributed by atoms with Gasteiger partial charge in [-0.25, -0.2) is 0 Å². The highest BCUT2D eigenvalue weighted by Gasteiger charge is 2.50. The van der Waals surface area contributed by atoms with E-state index >= 15 is 0 Å². The Morgan fingerprint density at radius 3 is 1.94 bits per heavy atom. The number of amidine groups is 1. The van der Waals surface area contributed by atoms with Crippen LogP contribution in [0.1, 0.15) is 17.5 Å². The number of aliphatic imine (C=N–C) groups is 1. The first-order chi connectivity index (χ1) is 17.0. The van der Waals surface area contributed by atoms with Gasteiger partial charge in [-0.3, -0.25) is 4.99 Å². The predicted molar refractivity (Wildman–Crippen MR) is 135 cm³/mol. The van der Waals surface area contributed by atoms with Gasteiger partial charge in [0.1, 0.15) is 41.5 Å². The van der Waals surface area contributed by atoms with Crippen molar-refractivity contribution in [3.63, 3.8) is 0 Å². The highest BCUT2D eigenvalue weighted by molar-refractivity contribution is 8.14. The van der Waals surface area contributed by atoms with E-state index in [4.69, 9.17) is 28.7 Å². The van der Waals surface area contributed by atoms with Crippen LogP contribution in [0.4, 0.5) is 0 Å². The van der Waals surface area contributed by atoms with Crippen LogP contribution in [0.15, 0.2) is 53.5 Å². The summed E-state index contributed by atoms with van der Waals surface area (Å²) in [6.45, 7) is 0.732. The molecular weight excluding hydrogens is 468 g/mol. The molecule has 4 rings (SSSR count). The zero-order valence-corrected chi connectivity index (χ0v) is 21.3. The molecule has 0 N–H and O–H groups in total. The first-order valence-corrected chi connectivity index (χ1v) is 12.4. The number of hydrogen-bond donors (Lipinski definition) is 0. The molecule has 0 unspecified atom stereocenters. The standard InChI is InChI=1S/C26H32N2O6S/c1-28(2)26-27-22-24(33-16-18-7-11-20(31-4)12-8-18)23(21(13-14-29)34-25(22)35-26)32-15-17-5-9-19(30-3)10-6-17/h5-12,14,21-25H,13,15-16H2,1-4H3/t21-,22+,23-,24+,25+/m0/s1. The van der Waals surface area contributed by atoms with Gasteiger partial charge in [-0.15, -0.1) is 0 Å². The molecule has 0 bridgehead atoms. The molecule has 2 heterocycles. The topological polar surface area (TPSA) is 78.8 Å². The zero-order chi connectivity index (χ0) is 24.8. The minimum atomic E-state index is -0.465. The average molecular weight is 501 g/mol. The number of methoxy groups -OCH3 is 2. The van der Waals surface area contributed by atoms with Crippen molar-refractivity contribution in [1.29, 1.82) is 0 Å². The molecule has 0 spiro atoms. The van der Waals surface area contributed by atoms with Gasteiger partial charge < -0.3 is 33.4 Å². The van der Waals surface area contributed by atoms with Crippen LogP contribution in [-0.4, -0.2) is 74.5 Å². The number of nitrogens with zero attached hydrogens (tertiary/aromatic N) is 2. The fourth-order valence-electron chi connectivity index (χ4n) is 4.11. The quantitative estimate of drug-likeness (QED) is 0.459. The predicted octanol–water partition coefficient (Wildman–Crippen LogP) is 3.52. The van der Waals surface area contributed by atoms with Crippen LogP contribution in [0.25, 0.3) is 0 Å². The van der Waals surface area contributed by atoms with Gasteiger partial charge in [-0.05, 0) is 35.4 Å². The van der Waals surface area contributed by atoms with Gasteiger partial charge >= 0.3 is 0 Å². The van der Waals surface area contributed by atoms with Crippen molar-refractivity contribution in [3.05, 3.63) is 59.7 Å². The summed E-state index contributed by atoms with van der Waals surface area (Å²) in [5.41, 5.74) is 1.76. The lowest BCUT2D eigenvalue weighted by atomic mass is 9.95. The van der Waals surface area contributed by atoms with Gasteiger partial charge in [0.2, 0.25) is 0 Å². The molecule has 1 fully saturated rings. The monoisotopic (exact) mass is 500 g/mol. The number of carbonyl (C=O) groups is 1. The summed E-state index contributed by atoms with van der Waals surface area (Å²) in [7, 11) is 7.19. The van der Waals surface area contributed by atoms with Gasteiger partial charge in [0.25, 0.3) is 0 Å². The molecule has 8 nitrogen and oxygen atoms in total. The van der Waals surface area contributed by atoms with Gasteiger partial charge in [0.05, 0.1) is 33.5 Å². The zero-order valence-electron chi connectivity index (χ0n) is 20.5. The van der Waals surface area contributed by atoms with E-state index in [1.54, 1.807) is 26.0 Å². The second-order valence-electron chi connectivity index (χ2n) is 8.61. The van der Waals surface area contributed by atoms with Gasteiger partial charge in [-0.1, -0.05) is 36.0 Å². The molecular formula is C26H32N2O6S. The lowest BCUT2D eigenvalue weighted by molar-refractivity contribution is -0.197. The SMILES string of the molecule is COc1ccc(CO[C@@H]2[C@H]3N=C(N(C)C)S[C@H]3O[C@@H](CC=O)[C@@H]2OCc2ccc(OC)cc2)cc1. The van der Waals surface area contributed by atoms with E-state index in [0.717, 1.165) is 34.1 Å². The van der Waals surface area contributed by atoms with E-state index < -0.39 is 12.2 Å². The molecule has 9 heteroatoms. The van der Waals surface area contributed by atoms with Crippen LogP contribution in [0.3, 0.4) is 0 Å². The molecule has 0 radical (unpaired) electrons. The van der Waals surface area contributed by atoms with Crippen LogP contribution < -0.4 is 9.47 Å². The second kappa shape index (κ2) is 11.9. The maximum absolute atomic E-state index is 11.5. The number of hydrogen-bond acceptors (Lipinski definition) is 9. The van der Waals surface area contributed by atoms with Crippen LogP contribution in [0, 0.1) is 0 Å². The molecule has 0 aliphatic carbocycles. The van der Waals surface area contributed by atoms with Gasteiger partial charge in [0, 0.05) is 20.5 Å². The Hall–Kier alpha value is -2.59. The Kier molecular flexibility index (Phi) is 8.67. The Labute approximate surface area is 210 Å². The molecule has 1 saturated heterocycles. The van der Waals surface area contributed by atoms with Crippen molar-refractivity contribution >= 4 is 23.2 Å². The third kappa shape index (κ3) is 6.16. The lowest BCUT2D eigenvalue weighted by Crippen LogP contribution is -2.56. The fraction of sp³-hybridized carbons (Fsp3) is 0.462. The van der Waals surface area contributed by atoms with Crippen molar-refractivity contribution < 1.29 is 28.5 Å². The molecule has 2 aromatic carbocycles. The van der Waals surface area contributed by atoms with Crippen molar-refractivity contribution in [3.8, 4) is 11.5 Å².